The second kappa shape index (κ2) is 7.34. The van der Waals surface area contributed by atoms with E-state index in [1.807, 2.05) is 19.1 Å². The molecule has 0 amide bonds. The lowest BCUT2D eigenvalue weighted by atomic mass is 9.94. The molecule has 0 spiro atoms. The van der Waals surface area contributed by atoms with Crippen molar-refractivity contribution in [1.82, 2.24) is 4.98 Å². The van der Waals surface area contributed by atoms with Gasteiger partial charge in [0.2, 0.25) is 0 Å². The Balaban J connectivity index is 2.52. The van der Waals surface area contributed by atoms with Gasteiger partial charge in [-0.25, -0.2) is 4.98 Å². The van der Waals surface area contributed by atoms with Crippen LogP contribution in [0, 0.1) is 5.92 Å². The quantitative estimate of drug-likeness (QED) is 0.676. The summed E-state index contributed by atoms with van der Waals surface area (Å²) in [6, 6.07) is 3.89. The molecule has 0 aliphatic heterocycles. The van der Waals surface area contributed by atoms with Crippen LogP contribution in [0.2, 0.25) is 0 Å². The molecule has 4 heteroatoms. The number of aliphatic hydroxyl groups is 1. The zero-order valence-corrected chi connectivity index (χ0v) is 12.5. The molecule has 0 radical (unpaired) electrons. The topological polar surface area (TPSA) is 57.2 Å². The molecule has 1 heterocycles. The maximum atomic E-state index is 10.3. The molecule has 108 valence electrons. The lowest BCUT2D eigenvalue weighted by molar-refractivity contribution is 0.0515. The van der Waals surface area contributed by atoms with E-state index in [-0.39, 0.29) is 0 Å². The Morgan fingerprint density at radius 3 is 2.74 bits per heavy atom. The molecule has 4 nitrogen and oxygen atoms in total. The minimum Gasteiger partial charge on any atom is -0.388 e. The van der Waals surface area contributed by atoms with Crippen molar-refractivity contribution in [2.45, 2.75) is 46.1 Å². The Hall–Kier alpha value is -1.29. The van der Waals surface area contributed by atoms with Crippen molar-refractivity contribution < 1.29 is 5.11 Å². The van der Waals surface area contributed by atoms with Crippen LogP contribution in [0.5, 0.6) is 0 Å². The van der Waals surface area contributed by atoms with E-state index < -0.39 is 5.60 Å². The molecule has 1 aromatic heterocycles. The van der Waals surface area contributed by atoms with Crippen LogP contribution in [0.25, 0.3) is 0 Å². The smallest absolute Gasteiger partial charge is 0.127 e. The molecule has 1 rings (SSSR count). The Bertz CT molecular complexity index is 377. The lowest BCUT2D eigenvalue weighted by Gasteiger charge is -2.26. The fraction of sp³-hybridized carbons (Fsp3) is 0.667. The molecule has 0 bridgehead atoms. The fourth-order valence-corrected chi connectivity index (χ4v) is 2.13. The standard InChI is InChI=1S/C15H27N3O/c1-5-7-16-14-9-13(6-8-17-14)18-11-15(4,19)10-12(2)3/h6,8-9,12,19H,5,7,10-11H2,1-4H3,(H2,16,17,18). The molecule has 0 saturated heterocycles. The summed E-state index contributed by atoms with van der Waals surface area (Å²) in [5.41, 5.74) is 0.298. The van der Waals surface area contributed by atoms with Gasteiger partial charge in [0.15, 0.2) is 0 Å². The third-order valence-corrected chi connectivity index (χ3v) is 2.84. The molecular formula is C15H27N3O. The molecule has 1 unspecified atom stereocenters. The van der Waals surface area contributed by atoms with Crippen LogP contribution in [-0.4, -0.2) is 28.8 Å². The summed E-state index contributed by atoms with van der Waals surface area (Å²) in [5.74, 6) is 1.35. The number of rotatable bonds is 8. The summed E-state index contributed by atoms with van der Waals surface area (Å²) in [5, 5.41) is 16.8. The zero-order chi connectivity index (χ0) is 14.3. The van der Waals surface area contributed by atoms with E-state index >= 15 is 0 Å². The van der Waals surface area contributed by atoms with Gasteiger partial charge in [0.25, 0.3) is 0 Å². The summed E-state index contributed by atoms with van der Waals surface area (Å²) >= 11 is 0. The van der Waals surface area contributed by atoms with Crippen LogP contribution in [0.1, 0.15) is 40.5 Å². The minimum atomic E-state index is -0.686. The zero-order valence-electron chi connectivity index (χ0n) is 12.5. The molecule has 0 saturated carbocycles. The fourth-order valence-electron chi connectivity index (χ4n) is 2.13. The highest BCUT2D eigenvalue weighted by Gasteiger charge is 2.21. The predicted octanol–water partition coefficient (Wildman–Crippen LogP) is 3.11. The van der Waals surface area contributed by atoms with Crippen molar-refractivity contribution in [2.24, 2.45) is 5.92 Å². The largest absolute Gasteiger partial charge is 0.388 e. The molecule has 0 aliphatic carbocycles. The number of pyridine rings is 1. The van der Waals surface area contributed by atoms with Crippen LogP contribution < -0.4 is 10.6 Å². The second-order valence-corrected chi connectivity index (χ2v) is 5.80. The van der Waals surface area contributed by atoms with Gasteiger partial charge in [-0.05, 0) is 31.7 Å². The molecule has 1 aromatic rings. The van der Waals surface area contributed by atoms with Gasteiger partial charge in [0.05, 0.1) is 5.60 Å². The lowest BCUT2D eigenvalue weighted by Crippen LogP contribution is -2.34. The number of hydrogen-bond donors (Lipinski definition) is 3. The molecule has 0 aliphatic rings. The average Bonchev–Trinajstić information content (AvgIpc) is 2.33. The molecule has 0 fully saturated rings. The number of anilines is 2. The normalized spacial score (nSPS) is 14.2. The summed E-state index contributed by atoms with van der Waals surface area (Å²) in [7, 11) is 0. The first-order chi connectivity index (χ1) is 8.93. The van der Waals surface area contributed by atoms with E-state index in [0.717, 1.165) is 30.9 Å². The van der Waals surface area contributed by atoms with Crippen LogP contribution in [-0.2, 0) is 0 Å². The van der Waals surface area contributed by atoms with Gasteiger partial charge in [-0.2, -0.15) is 0 Å². The van der Waals surface area contributed by atoms with Crippen LogP contribution in [0.15, 0.2) is 18.3 Å². The minimum absolute atomic E-state index is 0.482. The van der Waals surface area contributed by atoms with Crippen LogP contribution in [0.3, 0.4) is 0 Å². The van der Waals surface area contributed by atoms with Gasteiger partial charge < -0.3 is 15.7 Å². The first-order valence-corrected chi connectivity index (χ1v) is 7.09. The van der Waals surface area contributed by atoms with Crippen molar-refractivity contribution in [3.63, 3.8) is 0 Å². The highest BCUT2D eigenvalue weighted by molar-refractivity contribution is 5.51. The van der Waals surface area contributed by atoms with Gasteiger partial charge in [-0.3, -0.25) is 0 Å². The molecule has 1 atom stereocenters. The van der Waals surface area contributed by atoms with E-state index in [2.05, 4.69) is 36.4 Å². The summed E-state index contributed by atoms with van der Waals surface area (Å²) in [6.45, 7) is 9.70. The van der Waals surface area contributed by atoms with Gasteiger partial charge in [0.1, 0.15) is 5.82 Å². The van der Waals surface area contributed by atoms with E-state index in [1.165, 1.54) is 0 Å². The summed E-state index contributed by atoms with van der Waals surface area (Å²) < 4.78 is 0. The number of nitrogens with one attached hydrogen (secondary N) is 2. The Labute approximate surface area is 116 Å². The van der Waals surface area contributed by atoms with Gasteiger partial charge >= 0.3 is 0 Å². The first kappa shape index (κ1) is 15.8. The van der Waals surface area contributed by atoms with E-state index in [4.69, 9.17) is 0 Å². The monoisotopic (exact) mass is 265 g/mol. The highest BCUT2D eigenvalue weighted by atomic mass is 16.3. The Morgan fingerprint density at radius 1 is 1.37 bits per heavy atom. The maximum absolute atomic E-state index is 10.3. The van der Waals surface area contributed by atoms with Crippen molar-refractivity contribution in [3.8, 4) is 0 Å². The molecular weight excluding hydrogens is 238 g/mol. The van der Waals surface area contributed by atoms with Crippen molar-refractivity contribution in [3.05, 3.63) is 18.3 Å². The van der Waals surface area contributed by atoms with Crippen molar-refractivity contribution in [1.29, 1.82) is 0 Å². The van der Waals surface area contributed by atoms with Crippen molar-refractivity contribution in [2.75, 3.05) is 23.7 Å². The Morgan fingerprint density at radius 2 is 2.11 bits per heavy atom. The van der Waals surface area contributed by atoms with Gasteiger partial charge in [0, 0.05) is 31.0 Å². The molecule has 0 aromatic carbocycles. The van der Waals surface area contributed by atoms with E-state index in [1.54, 1.807) is 6.20 Å². The first-order valence-electron chi connectivity index (χ1n) is 7.09. The number of hydrogen-bond acceptors (Lipinski definition) is 4. The van der Waals surface area contributed by atoms with Crippen LogP contribution >= 0.6 is 0 Å². The molecule has 19 heavy (non-hydrogen) atoms. The van der Waals surface area contributed by atoms with E-state index in [9.17, 15) is 5.11 Å². The number of aromatic nitrogens is 1. The van der Waals surface area contributed by atoms with Gasteiger partial charge in [-0.1, -0.05) is 20.8 Å². The third-order valence-electron chi connectivity index (χ3n) is 2.84. The molecule has 3 N–H and O–H groups in total. The van der Waals surface area contributed by atoms with Gasteiger partial charge in [-0.15, -0.1) is 0 Å². The average molecular weight is 265 g/mol. The van der Waals surface area contributed by atoms with Crippen LogP contribution in [0.4, 0.5) is 11.5 Å². The van der Waals surface area contributed by atoms with Crippen molar-refractivity contribution >= 4 is 11.5 Å². The van der Waals surface area contributed by atoms with E-state index in [0.29, 0.717) is 12.5 Å². The highest BCUT2D eigenvalue weighted by Crippen LogP contribution is 2.18. The third kappa shape index (κ3) is 6.43. The predicted molar refractivity (Wildman–Crippen MR) is 81.6 cm³/mol. The summed E-state index contributed by atoms with van der Waals surface area (Å²) in [4.78, 5) is 4.26. The summed E-state index contributed by atoms with van der Waals surface area (Å²) in [6.07, 6.45) is 3.63. The Kier molecular flexibility index (Phi) is 6.09. The second-order valence-electron chi connectivity index (χ2n) is 5.80. The maximum Gasteiger partial charge on any atom is 0.127 e. The SMILES string of the molecule is CCCNc1cc(NCC(C)(O)CC(C)C)ccn1. The number of nitrogens with zero attached hydrogens (tertiary/aromatic N) is 1.